The maximum absolute atomic E-state index is 10.2. The molecule has 4 heteroatoms. The molecule has 40 valence electrons. The third kappa shape index (κ3) is 30.4. The molecular formula is C2H4Cl2F2. The van der Waals surface area contributed by atoms with Crippen molar-refractivity contribution in [3.05, 3.63) is 12.7 Å². The van der Waals surface area contributed by atoms with Gasteiger partial charge in [0.2, 0.25) is 0 Å². The molecule has 0 aliphatic carbocycles. The highest BCUT2D eigenvalue weighted by Gasteiger charge is 1.43. The molecular weight excluding hydrogens is 133 g/mol. The number of rotatable bonds is 0. The molecule has 0 bridgehead atoms. The highest BCUT2D eigenvalue weighted by Crippen LogP contribution is 1.67. The zero-order valence-corrected chi connectivity index (χ0v) is 4.36. The molecule has 0 saturated carbocycles. The first kappa shape index (κ1) is 16.4. The van der Waals surface area contributed by atoms with Crippen LogP contribution in [-0.2, 0) is 0 Å². The van der Waals surface area contributed by atoms with E-state index in [-0.39, 0.29) is 37.5 Å². The van der Waals surface area contributed by atoms with Crippen LogP contribution >= 0.6 is 24.8 Å². The van der Waals surface area contributed by atoms with Crippen molar-refractivity contribution in [3.63, 3.8) is 0 Å². The van der Waals surface area contributed by atoms with Gasteiger partial charge in [-0.3, -0.25) is 0 Å². The summed E-state index contributed by atoms with van der Waals surface area (Å²) in [6.07, 6.45) is -0.333. The van der Waals surface area contributed by atoms with Crippen molar-refractivity contribution in [2.75, 3.05) is 0 Å². The minimum absolute atomic E-state index is 0. The molecule has 0 heterocycles. The van der Waals surface area contributed by atoms with E-state index >= 15 is 0 Å². The van der Waals surface area contributed by atoms with Gasteiger partial charge in [0.25, 0.3) is 0 Å². The average molecular weight is 137 g/mol. The van der Waals surface area contributed by atoms with Crippen LogP contribution in [0.3, 0.4) is 0 Å². The Balaban J connectivity index is -0.0000000450. The van der Waals surface area contributed by atoms with Gasteiger partial charge in [-0.1, -0.05) is 0 Å². The van der Waals surface area contributed by atoms with E-state index in [1.165, 1.54) is 0 Å². The van der Waals surface area contributed by atoms with Crippen molar-refractivity contribution >= 4 is 24.8 Å². The summed E-state index contributed by atoms with van der Waals surface area (Å²) in [7, 11) is 0. The highest BCUT2D eigenvalue weighted by atomic mass is 35.5. The Kier molecular flexibility index (Phi) is 52.0. The van der Waals surface area contributed by atoms with E-state index in [1.807, 2.05) is 0 Å². The quantitative estimate of drug-likeness (QED) is 0.480. The molecule has 6 heavy (non-hydrogen) atoms. The molecule has 0 aromatic heterocycles. The number of halogens is 4. The van der Waals surface area contributed by atoms with Crippen molar-refractivity contribution in [1.82, 2.24) is 0 Å². The number of hydrogen-bond donors (Lipinski definition) is 0. The van der Waals surface area contributed by atoms with Crippen molar-refractivity contribution in [2.24, 2.45) is 0 Å². The van der Waals surface area contributed by atoms with E-state index in [9.17, 15) is 8.78 Å². The van der Waals surface area contributed by atoms with Crippen LogP contribution < -0.4 is 0 Å². The number of hydrogen-bond acceptors (Lipinski definition) is 0. The van der Waals surface area contributed by atoms with Crippen LogP contribution in [0.15, 0.2) is 12.7 Å². The Labute approximate surface area is 47.1 Å². The summed E-state index contributed by atoms with van der Waals surface area (Å²) in [4.78, 5) is 0. The first-order chi connectivity index (χ1) is 1.91. The second-order valence-electron chi connectivity index (χ2n) is 0.252. The molecule has 0 spiro atoms. The summed E-state index contributed by atoms with van der Waals surface area (Å²) in [5, 5.41) is 0. The first-order valence-electron chi connectivity index (χ1n) is 0.770. The second-order valence-corrected chi connectivity index (χ2v) is 0.252. The lowest BCUT2D eigenvalue weighted by Gasteiger charge is -1.42. The normalized spacial score (nSPS) is 6.33. The fraction of sp³-hybridized carbons (Fsp3) is 0. The van der Waals surface area contributed by atoms with Gasteiger partial charge in [0.05, 0.1) is 0 Å². The van der Waals surface area contributed by atoms with Gasteiger partial charge >= 0.3 is 0 Å². The standard InChI is InChI=1S/C2H2F2.2ClH/c3-1-2-4;;/h1-2H;2*1H. The molecule has 0 atom stereocenters. The van der Waals surface area contributed by atoms with Crippen LogP contribution in [0, 0.1) is 0 Å². The minimum Gasteiger partial charge on any atom is -0.213 e. The van der Waals surface area contributed by atoms with Crippen molar-refractivity contribution < 1.29 is 8.78 Å². The lowest BCUT2D eigenvalue weighted by atomic mass is 11.2. The Bertz CT molecular complexity index is 24.7. The molecule has 0 saturated heterocycles. The molecule has 0 radical (unpaired) electrons. The maximum Gasteiger partial charge on any atom is 0.115 e. The molecule has 0 fully saturated rings. The predicted octanol–water partition coefficient (Wildman–Crippen LogP) is 2.24. The minimum atomic E-state index is -0.167. The Morgan fingerprint density at radius 3 is 1.00 bits per heavy atom. The summed E-state index contributed by atoms with van der Waals surface area (Å²) in [5.74, 6) is 0. The maximum atomic E-state index is 10.2. The van der Waals surface area contributed by atoms with Crippen LogP contribution in [0.5, 0.6) is 0 Å². The van der Waals surface area contributed by atoms with E-state index < -0.39 is 0 Å². The third-order valence-electron chi connectivity index (χ3n) is 0.0476. The third-order valence-corrected chi connectivity index (χ3v) is 0.0476. The van der Waals surface area contributed by atoms with E-state index in [4.69, 9.17) is 0 Å². The van der Waals surface area contributed by atoms with E-state index in [1.54, 1.807) is 0 Å². The fourth-order valence-electron chi connectivity index (χ4n) is 0. The van der Waals surface area contributed by atoms with Gasteiger partial charge in [-0.05, 0) is 0 Å². The molecule has 0 unspecified atom stereocenters. The molecule has 0 aromatic carbocycles. The van der Waals surface area contributed by atoms with Crippen LogP contribution in [0.1, 0.15) is 0 Å². The van der Waals surface area contributed by atoms with Gasteiger partial charge in [-0.25, -0.2) is 8.78 Å². The summed E-state index contributed by atoms with van der Waals surface area (Å²) in [5.41, 5.74) is 0. The summed E-state index contributed by atoms with van der Waals surface area (Å²) in [6.45, 7) is 0. The highest BCUT2D eigenvalue weighted by molar-refractivity contribution is 5.85. The van der Waals surface area contributed by atoms with Gasteiger partial charge in [0.1, 0.15) is 12.7 Å². The van der Waals surface area contributed by atoms with Gasteiger partial charge in [0, 0.05) is 0 Å². The lowest BCUT2D eigenvalue weighted by Crippen LogP contribution is -1.18. The first-order valence-corrected chi connectivity index (χ1v) is 0.770. The zero-order chi connectivity index (χ0) is 3.41. The van der Waals surface area contributed by atoms with Gasteiger partial charge < -0.3 is 0 Å². The second kappa shape index (κ2) is 19.0. The van der Waals surface area contributed by atoms with Crippen LogP contribution in [0.2, 0.25) is 0 Å². The van der Waals surface area contributed by atoms with Gasteiger partial charge in [-0.2, -0.15) is 0 Å². The Hall–Kier alpha value is 0.180. The Morgan fingerprint density at radius 1 is 0.833 bits per heavy atom. The largest absolute Gasteiger partial charge is 0.213 e. The summed E-state index contributed by atoms with van der Waals surface area (Å²) < 4.78 is 20.3. The van der Waals surface area contributed by atoms with Crippen LogP contribution in [0.4, 0.5) is 8.78 Å². The molecule has 0 N–H and O–H groups in total. The summed E-state index contributed by atoms with van der Waals surface area (Å²) >= 11 is 0. The van der Waals surface area contributed by atoms with Crippen LogP contribution in [0.25, 0.3) is 0 Å². The smallest absolute Gasteiger partial charge is 0.115 e. The molecule has 0 aliphatic heterocycles. The molecule has 0 nitrogen and oxygen atoms in total. The van der Waals surface area contributed by atoms with Crippen molar-refractivity contribution in [3.8, 4) is 0 Å². The van der Waals surface area contributed by atoms with Crippen molar-refractivity contribution in [2.45, 2.75) is 0 Å². The van der Waals surface area contributed by atoms with Crippen LogP contribution in [-0.4, -0.2) is 0 Å². The molecule has 0 rings (SSSR count). The lowest BCUT2D eigenvalue weighted by molar-refractivity contribution is 0.645. The van der Waals surface area contributed by atoms with E-state index in [2.05, 4.69) is 0 Å². The predicted molar refractivity (Wildman–Crippen MR) is 25.9 cm³/mol. The molecule has 0 amide bonds. The monoisotopic (exact) mass is 136 g/mol. The van der Waals surface area contributed by atoms with E-state index in [0.717, 1.165) is 0 Å². The Morgan fingerprint density at radius 2 is 1.00 bits per heavy atom. The zero-order valence-electron chi connectivity index (χ0n) is 2.73. The van der Waals surface area contributed by atoms with Gasteiger partial charge in [0.15, 0.2) is 0 Å². The van der Waals surface area contributed by atoms with Gasteiger partial charge in [-0.15, -0.1) is 24.8 Å². The van der Waals surface area contributed by atoms with E-state index in [0.29, 0.717) is 0 Å². The molecule has 0 aromatic rings. The average Bonchev–Trinajstić information content (AvgIpc) is 1.37. The topological polar surface area (TPSA) is 0 Å². The molecule has 0 aliphatic rings. The van der Waals surface area contributed by atoms with Crippen molar-refractivity contribution in [1.29, 1.82) is 0 Å². The fourth-order valence-corrected chi connectivity index (χ4v) is 0. The summed E-state index contributed by atoms with van der Waals surface area (Å²) in [6, 6.07) is 0. The SMILES string of the molecule is Cl.Cl.FC=CF.